The zero-order valence-electron chi connectivity index (χ0n) is 11.8. The minimum Gasteiger partial charge on any atom is -0.379 e. The summed E-state index contributed by atoms with van der Waals surface area (Å²) in [6.45, 7) is 6.20. The summed E-state index contributed by atoms with van der Waals surface area (Å²) in [5.41, 5.74) is 2.00. The van der Waals surface area contributed by atoms with Gasteiger partial charge in [-0.1, -0.05) is 0 Å². The number of aryl methyl sites for hydroxylation is 1. The van der Waals surface area contributed by atoms with Crippen LogP contribution in [-0.4, -0.2) is 42.1 Å². The van der Waals surface area contributed by atoms with Crippen molar-refractivity contribution in [3.8, 4) is 0 Å². The fourth-order valence-corrected chi connectivity index (χ4v) is 3.70. The molecule has 112 valence electrons. The SMILES string of the molecule is Cc1ccsc1C(=O)Nc1nc(CN2CCOCC2)cs1. The van der Waals surface area contributed by atoms with E-state index in [1.807, 2.05) is 23.8 Å². The highest BCUT2D eigenvalue weighted by Gasteiger charge is 2.15. The molecule has 5 nitrogen and oxygen atoms in total. The molecule has 1 aliphatic rings. The summed E-state index contributed by atoms with van der Waals surface area (Å²) >= 11 is 2.93. The molecule has 0 aromatic carbocycles. The molecule has 2 aromatic rings. The van der Waals surface area contributed by atoms with Gasteiger partial charge in [-0.2, -0.15) is 0 Å². The maximum atomic E-state index is 12.1. The van der Waals surface area contributed by atoms with Crippen LogP contribution < -0.4 is 5.32 Å². The van der Waals surface area contributed by atoms with Gasteiger partial charge in [0, 0.05) is 25.0 Å². The fraction of sp³-hybridized carbons (Fsp3) is 0.429. The maximum absolute atomic E-state index is 12.1. The molecular formula is C14H17N3O2S2. The smallest absolute Gasteiger partial charge is 0.267 e. The van der Waals surface area contributed by atoms with Crippen molar-refractivity contribution in [2.45, 2.75) is 13.5 Å². The lowest BCUT2D eigenvalue weighted by molar-refractivity contribution is 0.0337. The van der Waals surface area contributed by atoms with E-state index in [2.05, 4.69) is 15.2 Å². The minimum absolute atomic E-state index is 0.0743. The Morgan fingerprint density at radius 2 is 2.24 bits per heavy atom. The first-order chi connectivity index (χ1) is 10.2. The summed E-state index contributed by atoms with van der Waals surface area (Å²) in [4.78, 5) is 19.7. The standard InChI is InChI=1S/C14H17N3O2S2/c1-10-2-7-20-12(10)13(18)16-14-15-11(9-21-14)8-17-3-5-19-6-4-17/h2,7,9H,3-6,8H2,1H3,(H,15,16,18). The van der Waals surface area contributed by atoms with Crippen LogP contribution in [-0.2, 0) is 11.3 Å². The van der Waals surface area contributed by atoms with Crippen LogP contribution in [0.5, 0.6) is 0 Å². The molecule has 0 spiro atoms. The van der Waals surface area contributed by atoms with Gasteiger partial charge in [0.2, 0.25) is 0 Å². The normalized spacial score (nSPS) is 16.0. The molecule has 3 rings (SSSR count). The Kier molecular flexibility index (Phi) is 4.64. The molecule has 7 heteroatoms. The first-order valence-electron chi connectivity index (χ1n) is 6.82. The van der Waals surface area contributed by atoms with Crippen molar-refractivity contribution in [2.24, 2.45) is 0 Å². The number of nitrogens with zero attached hydrogens (tertiary/aromatic N) is 2. The van der Waals surface area contributed by atoms with Crippen molar-refractivity contribution < 1.29 is 9.53 Å². The number of morpholine rings is 1. The van der Waals surface area contributed by atoms with Gasteiger partial charge < -0.3 is 4.74 Å². The molecule has 0 unspecified atom stereocenters. The molecule has 1 saturated heterocycles. The van der Waals surface area contributed by atoms with Gasteiger partial charge in [0.25, 0.3) is 5.91 Å². The van der Waals surface area contributed by atoms with Crippen LogP contribution in [0.1, 0.15) is 20.9 Å². The van der Waals surface area contributed by atoms with Gasteiger partial charge in [-0.25, -0.2) is 4.98 Å². The van der Waals surface area contributed by atoms with Crippen LogP contribution in [0.15, 0.2) is 16.8 Å². The molecule has 0 atom stereocenters. The van der Waals surface area contributed by atoms with Crippen LogP contribution in [0, 0.1) is 6.92 Å². The van der Waals surface area contributed by atoms with Crippen LogP contribution in [0.25, 0.3) is 0 Å². The van der Waals surface area contributed by atoms with E-state index in [0.717, 1.165) is 49.0 Å². The van der Waals surface area contributed by atoms with Gasteiger partial charge >= 0.3 is 0 Å². The second kappa shape index (κ2) is 6.65. The average Bonchev–Trinajstić information content (AvgIpc) is 3.09. The van der Waals surface area contributed by atoms with E-state index in [-0.39, 0.29) is 5.91 Å². The number of hydrogen-bond acceptors (Lipinski definition) is 6. The molecular weight excluding hydrogens is 306 g/mol. The van der Waals surface area contributed by atoms with Crippen LogP contribution >= 0.6 is 22.7 Å². The summed E-state index contributed by atoms with van der Waals surface area (Å²) in [6, 6.07) is 1.95. The Hall–Kier alpha value is -1.28. The van der Waals surface area contributed by atoms with Gasteiger partial charge in [0.1, 0.15) is 0 Å². The number of hydrogen-bond donors (Lipinski definition) is 1. The number of ether oxygens (including phenoxy) is 1. The van der Waals surface area contributed by atoms with Crippen molar-refractivity contribution in [2.75, 3.05) is 31.6 Å². The third kappa shape index (κ3) is 3.68. The largest absolute Gasteiger partial charge is 0.379 e. The Bertz CT molecular complexity index is 617. The molecule has 0 saturated carbocycles. The van der Waals surface area contributed by atoms with Crippen LogP contribution in [0.3, 0.4) is 0 Å². The van der Waals surface area contributed by atoms with E-state index in [1.165, 1.54) is 22.7 Å². The van der Waals surface area contributed by atoms with E-state index in [9.17, 15) is 4.79 Å². The quantitative estimate of drug-likeness (QED) is 0.940. The number of amides is 1. The Balaban J connectivity index is 1.60. The summed E-state index contributed by atoms with van der Waals surface area (Å²) in [5, 5.41) is 7.47. The number of nitrogens with one attached hydrogen (secondary N) is 1. The van der Waals surface area contributed by atoms with Gasteiger partial charge in [-0.15, -0.1) is 22.7 Å². The van der Waals surface area contributed by atoms with Crippen LogP contribution in [0.4, 0.5) is 5.13 Å². The third-order valence-corrected chi connectivity index (χ3v) is 5.15. The molecule has 0 bridgehead atoms. The summed E-state index contributed by atoms with van der Waals surface area (Å²) < 4.78 is 5.33. The maximum Gasteiger partial charge on any atom is 0.267 e. The molecule has 1 N–H and O–H groups in total. The zero-order chi connectivity index (χ0) is 14.7. The van der Waals surface area contributed by atoms with E-state index < -0.39 is 0 Å². The second-order valence-electron chi connectivity index (χ2n) is 4.92. The first-order valence-corrected chi connectivity index (χ1v) is 8.58. The van der Waals surface area contributed by atoms with E-state index in [0.29, 0.717) is 5.13 Å². The van der Waals surface area contributed by atoms with Gasteiger partial charge in [-0.05, 0) is 23.9 Å². The van der Waals surface area contributed by atoms with Crippen molar-refractivity contribution in [3.63, 3.8) is 0 Å². The fourth-order valence-electron chi connectivity index (χ4n) is 2.18. The van der Waals surface area contributed by atoms with Crippen molar-refractivity contribution in [1.82, 2.24) is 9.88 Å². The minimum atomic E-state index is -0.0743. The highest BCUT2D eigenvalue weighted by atomic mass is 32.1. The molecule has 0 radical (unpaired) electrons. The summed E-state index contributed by atoms with van der Waals surface area (Å²) in [7, 11) is 0. The van der Waals surface area contributed by atoms with Gasteiger partial charge in [0.15, 0.2) is 5.13 Å². The van der Waals surface area contributed by atoms with Crippen molar-refractivity contribution >= 4 is 33.7 Å². The predicted octanol–water partition coefficient (Wildman–Crippen LogP) is 2.60. The number of aromatic nitrogens is 1. The molecule has 2 aromatic heterocycles. The first kappa shape index (κ1) is 14.6. The number of carbonyl (C=O) groups excluding carboxylic acids is 1. The lowest BCUT2D eigenvalue weighted by Gasteiger charge is -2.25. The van der Waals surface area contributed by atoms with E-state index in [1.54, 1.807) is 0 Å². The summed E-state index contributed by atoms with van der Waals surface area (Å²) in [6.07, 6.45) is 0. The van der Waals surface area contributed by atoms with Crippen molar-refractivity contribution in [1.29, 1.82) is 0 Å². The third-order valence-electron chi connectivity index (χ3n) is 3.33. The molecule has 21 heavy (non-hydrogen) atoms. The topological polar surface area (TPSA) is 54.5 Å². The van der Waals surface area contributed by atoms with Gasteiger partial charge in [0.05, 0.1) is 23.8 Å². The number of rotatable bonds is 4. The monoisotopic (exact) mass is 323 g/mol. The Morgan fingerprint density at radius 3 is 2.95 bits per heavy atom. The highest BCUT2D eigenvalue weighted by Crippen LogP contribution is 2.21. The Morgan fingerprint density at radius 1 is 1.43 bits per heavy atom. The molecule has 3 heterocycles. The van der Waals surface area contributed by atoms with Gasteiger partial charge in [-0.3, -0.25) is 15.0 Å². The lowest BCUT2D eigenvalue weighted by atomic mass is 10.3. The number of thiazole rings is 1. The lowest BCUT2D eigenvalue weighted by Crippen LogP contribution is -2.35. The number of thiophene rings is 1. The number of anilines is 1. The second-order valence-corrected chi connectivity index (χ2v) is 6.69. The molecule has 1 aliphatic heterocycles. The summed E-state index contributed by atoms with van der Waals surface area (Å²) in [5.74, 6) is -0.0743. The highest BCUT2D eigenvalue weighted by molar-refractivity contribution is 7.14. The van der Waals surface area contributed by atoms with Crippen LogP contribution in [0.2, 0.25) is 0 Å². The van der Waals surface area contributed by atoms with Crippen molar-refractivity contribution in [3.05, 3.63) is 33.0 Å². The van der Waals surface area contributed by atoms with E-state index in [4.69, 9.17) is 4.74 Å². The molecule has 1 fully saturated rings. The number of carbonyl (C=O) groups is 1. The average molecular weight is 323 g/mol. The molecule has 0 aliphatic carbocycles. The Labute approximate surface area is 131 Å². The zero-order valence-corrected chi connectivity index (χ0v) is 13.4. The predicted molar refractivity (Wildman–Crippen MR) is 85.2 cm³/mol. The van der Waals surface area contributed by atoms with E-state index >= 15 is 0 Å². The molecule has 1 amide bonds.